The molecule has 3 rings (SSSR count). The van der Waals surface area contributed by atoms with Crippen LogP contribution in [0.15, 0.2) is 77.7 Å². The summed E-state index contributed by atoms with van der Waals surface area (Å²) in [5.74, 6) is -0.678. The van der Waals surface area contributed by atoms with E-state index in [1.54, 1.807) is 37.3 Å². The van der Waals surface area contributed by atoms with Crippen LogP contribution >= 0.6 is 0 Å². The predicted octanol–water partition coefficient (Wildman–Crippen LogP) is 4.30. The number of carbonyl (C=O) groups is 1. The Morgan fingerprint density at radius 2 is 1.70 bits per heavy atom. The number of hydrogen-bond donors (Lipinski definition) is 1. The van der Waals surface area contributed by atoms with Crippen molar-refractivity contribution in [3.05, 3.63) is 84.2 Å². The Morgan fingerprint density at radius 3 is 2.30 bits per heavy atom. The Balaban J connectivity index is 1.97. The van der Waals surface area contributed by atoms with Crippen molar-refractivity contribution in [2.45, 2.75) is 11.8 Å². The number of nitrogens with zero attached hydrogens (tertiary/aromatic N) is 1. The van der Waals surface area contributed by atoms with Gasteiger partial charge in [-0.3, -0.25) is 9.10 Å². The van der Waals surface area contributed by atoms with Gasteiger partial charge in [-0.1, -0.05) is 18.2 Å². The van der Waals surface area contributed by atoms with E-state index in [1.807, 2.05) is 0 Å². The van der Waals surface area contributed by atoms with Crippen LogP contribution < -0.4 is 14.4 Å². The fraction of sp³-hybridized carbons (Fsp3) is 0.136. The SMILES string of the molecule is CCN(c1ccccc1)S(=O)(=O)c1ccc(OC)c(NC(=O)c2ccc(F)cc2)c1. The molecule has 0 saturated carbocycles. The largest absolute Gasteiger partial charge is 0.495 e. The smallest absolute Gasteiger partial charge is 0.264 e. The van der Waals surface area contributed by atoms with Gasteiger partial charge in [-0.05, 0) is 61.5 Å². The van der Waals surface area contributed by atoms with E-state index >= 15 is 0 Å². The highest BCUT2D eigenvalue weighted by Gasteiger charge is 2.25. The van der Waals surface area contributed by atoms with Crippen molar-refractivity contribution in [1.29, 1.82) is 0 Å². The van der Waals surface area contributed by atoms with E-state index in [1.165, 1.54) is 53.9 Å². The summed E-state index contributed by atoms with van der Waals surface area (Å²) < 4.78 is 46.1. The highest BCUT2D eigenvalue weighted by molar-refractivity contribution is 7.92. The van der Waals surface area contributed by atoms with Gasteiger partial charge in [-0.2, -0.15) is 0 Å². The summed E-state index contributed by atoms with van der Waals surface area (Å²) in [6, 6.07) is 18.0. The third-order valence-corrected chi connectivity index (χ3v) is 6.34. The number of methoxy groups -OCH3 is 1. The molecule has 0 aromatic heterocycles. The molecule has 156 valence electrons. The Hall–Kier alpha value is -3.39. The highest BCUT2D eigenvalue weighted by Crippen LogP contribution is 2.31. The Kier molecular flexibility index (Phi) is 6.37. The third-order valence-electron chi connectivity index (χ3n) is 4.44. The van der Waals surface area contributed by atoms with Crippen LogP contribution in [0.3, 0.4) is 0 Å². The molecular weight excluding hydrogens is 407 g/mol. The Morgan fingerprint density at radius 1 is 1.03 bits per heavy atom. The zero-order valence-corrected chi connectivity index (χ0v) is 17.3. The molecule has 1 N–H and O–H groups in total. The maximum atomic E-state index is 13.2. The second-order valence-electron chi connectivity index (χ2n) is 6.33. The van der Waals surface area contributed by atoms with Crippen LogP contribution in [0, 0.1) is 5.82 Å². The quantitative estimate of drug-likeness (QED) is 0.609. The molecular formula is C22H21FN2O4S. The lowest BCUT2D eigenvalue weighted by atomic mass is 10.2. The molecule has 0 aliphatic heterocycles. The predicted molar refractivity (Wildman–Crippen MR) is 114 cm³/mol. The molecule has 0 aliphatic rings. The van der Waals surface area contributed by atoms with E-state index in [-0.39, 0.29) is 22.7 Å². The van der Waals surface area contributed by atoms with E-state index in [0.717, 1.165) is 0 Å². The summed E-state index contributed by atoms with van der Waals surface area (Å²) in [5.41, 5.74) is 0.955. The second kappa shape index (κ2) is 8.96. The average Bonchev–Trinajstić information content (AvgIpc) is 2.75. The van der Waals surface area contributed by atoms with E-state index in [2.05, 4.69) is 5.32 Å². The number of ether oxygens (including phenoxy) is 1. The molecule has 0 bridgehead atoms. The van der Waals surface area contributed by atoms with Gasteiger partial charge in [0.05, 0.1) is 23.4 Å². The first-order chi connectivity index (χ1) is 14.4. The molecule has 6 nitrogen and oxygen atoms in total. The van der Waals surface area contributed by atoms with Crippen molar-refractivity contribution in [3.63, 3.8) is 0 Å². The summed E-state index contributed by atoms with van der Waals surface area (Å²) in [6.07, 6.45) is 0. The lowest BCUT2D eigenvalue weighted by Crippen LogP contribution is -2.30. The number of para-hydroxylation sites is 1. The number of sulfonamides is 1. The van der Waals surface area contributed by atoms with E-state index in [9.17, 15) is 17.6 Å². The van der Waals surface area contributed by atoms with Crippen LogP contribution in [0.4, 0.5) is 15.8 Å². The molecule has 0 spiro atoms. The number of halogens is 1. The van der Waals surface area contributed by atoms with Crippen LogP contribution in [-0.4, -0.2) is 28.0 Å². The van der Waals surface area contributed by atoms with Crippen molar-refractivity contribution in [1.82, 2.24) is 0 Å². The molecule has 0 atom stereocenters. The number of anilines is 2. The van der Waals surface area contributed by atoms with Crippen molar-refractivity contribution < 1.29 is 22.3 Å². The van der Waals surface area contributed by atoms with Gasteiger partial charge in [-0.25, -0.2) is 12.8 Å². The molecule has 8 heteroatoms. The molecule has 0 fully saturated rings. The van der Waals surface area contributed by atoms with E-state index in [0.29, 0.717) is 11.4 Å². The van der Waals surface area contributed by atoms with Gasteiger partial charge in [0.25, 0.3) is 15.9 Å². The van der Waals surface area contributed by atoms with Gasteiger partial charge in [0.1, 0.15) is 11.6 Å². The van der Waals surface area contributed by atoms with Crippen molar-refractivity contribution in [3.8, 4) is 5.75 Å². The molecule has 0 saturated heterocycles. The summed E-state index contributed by atoms with van der Waals surface area (Å²) in [7, 11) is -2.46. The highest BCUT2D eigenvalue weighted by atomic mass is 32.2. The van der Waals surface area contributed by atoms with Crippen LogP contribution in [0.5, 0.6) is 5.75 Å². The van der Waals surface area contributed by atoms with Crippen molar-refractivity contribution in [2.75, 3.05) is 23.3 Å². The van der Waals surface area contributed by atoms with Gasteiger partial charge in [-0.15, -0.1) is 0 Å². The number of benzene rings is 3. The minimum Gasteiger partial charge on any atom is -0.495 e. The normalized spacial score (nSPS) is 11.0. The Bertz CT molecular complexity index is 1130. The summed E-state index contributed by atoms with van der Waals surface area (Å²) in [6.45, 7) is 1.97. The van der Waals surface area contributed by atoms with Gasteiger partial charge < -0.3 is 10.1 Å². The maximum Gasteiger partial charge on any atom is 0.264 e. The first-order valence-electron chi connectivity index (χ1n) is 9.19. The first-order valence-corrected chi connectivity index (χ1v) is 10.6. The zero-order chi connectivity index (χ0) is 21.7. The number of carbonyl (C=O) groups excluding carboxylic acids is 1. The number of hydrogen-bond acceptors (Lipinski definition) is 4. The topological polar surface area (TPSA) is 75.7 Å². The van der Waals surface area contributed by atoms with Crippen LogP contribution in [0.2, 0.25) is 0 Å². The van der Waals surface area contributed by atoms with Crippen LogP contribution in [0.1, 0.15) is 17.3 Å². The summed E-state index contributed by atoms with van der Waals surface area (Å²) in [4.78, 5) is 12.5. The molecule has 3 aromatic rings. The number of rotatable bonds is 7. The van der Waals surface area contributed by atoms with Gasteiger partial charge in [0.15, 0.2) is 0 Å². The fourth-order valence-corrected chi connectivity index (χ4v) is 4.45. The lowest BCUT2D eigenvalue weighted by molar-refractivity contribution is 0.102. The van der Waals surface area contributed by atoms with Gasteiger partial charge in [0, 0.05) is 12.1 Å². The first kappa shape index (κ1) is 21.3. The molecule has 30 heavy (non-hydrogen) atoms. The van der Waals surface area contributed by atoms with Gasteiger partial charge >= 0.3 is 0 Å². The molecule has 0 unspecified atom stereocenters. The molecule has 1 amide bonds. The van der Waals surface area contributed by atoms with Crippen molar-refractivity contribution in [2.24, 2.45) is 0 Å². The summed E-state index contributed by atoms with van der Waals surface area (Å²) in [5, 5.41) is 2.64. The molecule has 0 aliphatic carbocycles. The minimum absolute atomic E-state index is 0.00316. The standard InChI is InChI=1S/C22H21FN2O4S/c1-3-25(18-7-5-4-6-8-18)30(27,28)19-13-14-21(29-2)20(15-19)24-22(26)16-9-11-17(23)12-10-16/h4-15H,3H2,1-2H3,(H,24,26). The zero-order valence-electron chi connectivity index (χ0n) is 16.5. The average molecular weight is 428 g/mol. The van der Waals surface area contributed by atoms with E-state index in [4.69, 9.17) is 4.74 Å². The number of amides is 1. The minimum atomic E-state index is -3.88. The van der Waals surface area contributed by atoms with Crippen molar-refractivity contribution >= 4 is 27.3 Å². The third kappa shape index (κ3) is 4.44. The second-order valence-corrected chi connectivity index (χ2v) is 8.19. The maximum absolute atomic E-state index is 13.2. The molecule has 3 aromatic carbocycles. The van der Waals surface area contributed by atoms with Crippen LogP contribution in [0.25, 0.3) is 0 Å². The van der Waals surface area contributed by atoms with Crippen LogP contribution in [-0.2, 0) is 10.0 Å². The fourth-order valence-electron chi connectivity index (χ4n) is 2.95. The van der Waals surface area contributed by atoms with E-state index < -0.39 is 21.7 Å². The molecule has 0 radical (unpaired) electrons. The number of nitrogens with one attached hydrogen (secondary N) is 1. The summed E-state index contributed by atoms with van der Waals surface area (Å²) >= 11 is 0. The van der Waals surface area contributed by atoms with Gasteiger partial charge in [0.2, 0.25) is 0 Å². The Labute approximate surface area is 175 Å². The monoisotopic (exact) mass is 428 g/mol. The lowest BCUT2D eigenvalue weighted by Gasteiger charge is -2.23. The molecule has 0 heterocycles.